The summed E-state index contributed by atoms with van der Waals surface area (Å²) in [6, 6.07) is 8.17. The molecule has 1 aliphatic rings. The molecule has 0 unspecified atom stereocenters. The van der Waals surface area contributed by atoms with Gasteiger partial charge in [0.05, 0.1) is 18.7 Å². The molecule has 1 aliphatic heterocycles. The van der Waals surface area contributed by atoms with Gasteiger partial charge in [-0.15, -0.1) is 0 Å². The van der Waals surface area contributed by atoms with E-state index in [0.717, 1.165) is 22.9 Å². The largest absolute Gasteiger partial charge is 0.346 e. The molecule has 1 aromatic carbocycles. The van der Waals surface area contributed by atoms with Gasteiger partial charge in [0.2, 0.25) is 0 Å². The summed E-state index contributed by atoms with van der Waals surface area (Å²) in [6.45, 7) is 3.32. The van der Waals surface area contributed by atoms with Crippen molar-refractivity contribution in [3.63, 3.8) is 0 Å². The molecule has 1 saturated heterocycles. The molecule has 18 heavy (non-hydrogen) atoms. The standard InChI is InChI=1S/C14H14ClNO2/c1-2-9-4-3-5-10-8-11(13(15)16-12(9)10)14-17-6-7-18-14/h3-5,8,14H,2,6-7H2,1H3. The van der Waals surface area contributed by atoms with Gasteiger partial charge >= 0.3 is 0 Å². The summed E-state index contributed by atoms with van der Waals surface area (Å²) in [5.41, 5.74) is 2.98. The van der Waals surface area contributed by atoms with Gasteiger partial charge in [0.25, 0.3) is 0 Å². The second-order valence-electron chi connectivity index (χ2n) is 4.28. The van der Waals surface area contributed by atoms with Crippen LogP contribution in [0.2, 0.25) is 5.15 Å². The van der Waals surface area contributed by atoms with Gasteiger partial charge < -0.3 is 9.47 Å². The lowest BCUT2D eigenvalue weighted by atomic mass is 10.1. The molecular weight excluding hydrogens is 250 g/mol. The molecule has 2 heterocycles. The van der Waals surface area contributed by atoms with Gasteiger partial charge in [0.1, 0.15) is 5.15 Å². The van der Waals surface area contributed by atoms with Gasteiger partial charge in [-0.1, -0.05) is 36.7 Å². The van der Waals surface area contributed by atoms with Crippen molar-refractivity contribution in [1.29, 1.82) is 0 Å². The summed E-state index contributed by atoms with van der Waals surface area (Å²) >= 11 is 6.24. The van der Waals surface area contributed by atoms with Crippen molar-refractivity contribution in [3.05, 3.63) is 40.5 Å². The van der Waals surface area contributed by atoms with Crippen molar-refractivity contribution >= 4 is 22.5 Å². The Hall–Kier alpha value is -1.16. The van der Waals surface area contributed by atoms with Crippen molar-refractivity contribution in [3.8, 4) is 0 Å². The van der Waals surface area contributed by atoms with Crippen molar-refractivity contribution in [2.24, 2.45) is 0 Å². The fraction of sp³-hybridized carbons (Fsp3) is 0.357. The number of pyridine rings is 1. The minimum Gasteiger partial charge on any atom is -0.346 e. The predicted octanol–water partition coefficient (Wildman–Crippen LogP) is 3.50. The van der Waals surface area contributed by atoms with Gasteiger partial charge in [0.15, 0.2) is 6.29 Å². The third-order valence-electron chi connectivity index (χ3n) is 3.17. The molecule has 1 fully saturated rings. The zero-order chi connectivity index (χ0) is 12.5. The number of aryl methyl sites for hydroxylation is 1. The van der Waals surface area contributed by atoms with Crippen LogP contribution in [0.25, 0.3) is 10.9 Å². The molecule has 1 aromatic heterocycles. The van der Waals surface area contributed by atoms with Crippen molar-refractivity contribution < 1.29 is 9.47 Å². The number of nitrogens with zero attached hydrogens (tertiary/aromatic N) is 1. The highest BCUT2D eigenvalue weighted by Gasteiger charge is 2.22. The maximum Gasteiger partial charge on any atom is 0.187 e. The van der Waals surface area contributed by atoms with E-state index in [1.807, 2.05) is 18.2 Å². The Morgan fingerprint density at radius 3 is 2.83 bits per heavy atom. The molecule has 0 N–H and O–H groups in total. The lowest BCUT2D eigenvalue weighted by Gasteiger charge is -2.13. The monoisotopic (exact) mass is 263 g/mol. The third kappa shape index (κ3) is 1.99. The first-order valence-corrected chi connectivity index (χ1v) is 6.48. The summed E-state index contributed by atoms with van der Waals surface area (Å²) in [7, 11) is 0. The highest BCUT2D eigenvalue weighted by Crippen LogP contribution is 2.31. The molecule has 0 saturated carbocycles. The fourth-order valence-corrected chi connectivity index (χ4v) is 2.47. The van der Waals surface area contributed by atoms with Crippen molar-refractivity contribution in [2.45, 2.75) is 19.6 Å². The highest BCUT2D eigenvalue weighted by molar-refractivity contribution is 6.30. The van der Waals surface area contributed by atoms with E-state index in [-0.39, 0.29) is 6.29 Å². The molecule has 4 heteroatoms. The van der Waals surface area contributed by atoms with E-state index in [2.05, 4.69) is 18.0 Å². The fourth-order valence-electron chi connectivity index (χ4n) is 2.24. The molecule has 2 aromatic rings. The summed E-state index contributed by atoms with van der Waals surface area (Å²) in [5, 5.41) is 1.54. The van der Waals surface area contributed by atoms with Crippen LogP contribution in [0, 0.1) is 0 Å². The van der Waals surface area contributed by atoms with Crippen LogP contribution in [0.4, 0.5) is 0 Å². The second-order valence-corrected chi connectivity index (χ2v) is 4.64. The van der Waals surface area contributed by atoms with Crippen molar-refractivity contribution in [1.82, 2.24) is 4.98 Å². The number of aromatic nitrogens is 1. The maximum atomic E-state index is 6.24. The number of para-hydroxylation sites is 1. The average molecular weight is 264 g/mol. The first-order valence-electron chi connectivity index (χ1n) is 6.11. The summed E-state index contributed by atoms with van der Waals surface area (Å²) in [5.74, 6) is 0. The Labute approximate surface area is 111 Å². The quantitative estimate of drug-likeness (QED) is 0.777. The minimum atomic E-state index is -0.375. The van der Waals surface area contributed by atoms with E-state index in [4.69, 9.17) is 21.1 Å². The number of hydrogen-bond acceptors (Lipinski definition) is 3. The Morgan fingerprint density at radius 1 is 1.33 bits per heavy atom. The molecule has 94 valence electrons. The zero-order valence-electron chi connectivity index (χ0n) is 10.1. The van der Waals surface area contributed by atoms with Gasteiger partial charge in [-0.2, -0.15) is 0 Å². The van der Waals surface area contributed by atoms with E-state index < -0.39 is 0 Å². The molecule has 0 spiro atoms. The zero-order valence-corrected chi connectivity index (χ0v) is 10.9. The molecular formula is C14H14ClNO2. The molecule has 3 rings (SSSR count). The molecule has 0 atom stereocenters. The van der Waals surface area contributed by atoms with Gasteiger partial charge in [0, 0.05) is 10.9 Å². The van der Waals surface area contributed by atoms with Crippen LogP contribution in [-0.4, -0.2) is 18.2 Å². The normalized spacial score (nSPS) is 16.6. The lowest BCUT2D eigenvalue weighted by Crippen LogP contribution is -2.01. The number of halogens is 1. The van der Waals surface area contributed by atoms with Crippen LogP contribution >= 0.6 is 11.6 Å². The maximum absolute atomic E-state index is 6.24. The SMILES string of the molecule is CCc1cccc2cc(C3OCCO3)c(Cl)nc12. The van der Waals surface area contributed by atoms with Crippen LogP contribution in [0.5, 0.6) is 0 Å². The Morgan fingerprint density at radius 2 is 2.11 bits per heavy atom. The van der Waals surface area contributed by atoms with E-state index in [1.54, 1.807) is 0 Å². The minimum absolute atomic E-state index is 0.375. The Kier molecular flexibility index (Phi) is 3.20. The van der Waals surface area contributed by atoms with E-state index in [9.17, 15) is 0 Å². The molecule has 3 nitrogen and oxygen atoms in total. The smallest absolute Gasteiger partial charge is 0.187 e. The summed E-state index contributed by atoms with van der Waals surface area (Å²) in [6.07, 6.45) is 0.566. The molecule has 0 bridgehead atoms. The highest BCUT2D eigenvalue weighted by atomic mass is 35.5. The predicted molar refractivity (Wildman–Crippen MR) is 70.8 cm³/mol. The van der Waals surface area contributed by atoms with Crippen LogP contribution in [0.1, 0.15) is 24.3 Å². The van der Waals surface area contributed by atoms with Crippen LogP contribution in [0.3, 0.4) is 0 Å². The number of ether oxygens (including phenoxy) is 2. The second kappa shape index (κ2) is 4.84. The molecule has 0 amide bonds. The van der Waals surface area contributed by atoms with Gasteiger partial charge in [-0.05, 0) is 18.1 Å². The number of fused-ring (bicyclic) bond motifs is 1. The molecule has 0 aliphatic carbocycles. The first kappa shape index (κ1) is 11.9. The summed E-state index contributed by atoms with van der Waals surface area (Å²) in [4.78, 5) is 4.50. The number of hydrogen-bond donors (Lipinski definition) is 0. The average Bonchev–Trinajstić information content (AvgIpc) is 2.91. The van der Waals surface area contributed by atoms with Crippen LogP contribution in [0.15, 0.2) is 24.3 Å². The number of benzene rings is 1. The summed E-state index contributed by atoms with van der Waals surface area (Å²) < 4.78 is 11.0. The Balaban J connectivity index is 2.15. The van der Waals surface area contributed by atoms with E-state index in [0.29, 0.717) is 18.4 Å². The van der Waals surface area contributed by atoms with Crippen LogP contribution < -0.4 is 0 Å². The lowest BCUT2D eigenvalue weighted by molar-refractivity contribution is -0.0441. The Bertz CT molecular complexity index is 579. The molecule has 0 radical (unpaired) electrons. The topological polar surface area (TPSA) is 31.4 Å². The van der Waals surface area contributed by atoms with E-state index >= 15 is 0 Å². The van der Waals surface area contributed by atoms with Crippen molar-refractivity contribution in [2.75, 3.05) is 13.2 Å². The van der Waals surface area contributed by atoms with E-state index in [1.165, 1.54) is 5.56 Å². The third-order valence-corrected chi connectivity index (χ3v) is 3.47. The van der Waals surface area contributed by atoms with Gasteiger partial charge in [-0.25, -0.2) is 4.98 Å². The first-order chi connectivity index (χ1) is 8.79. The van der Waals surface area contributed by atoms with Crippen LogP contribution in [-0.2, 0) is 15.9 Å². The number of rotatable bonds is 2. The van der Waals surface area contributed by atoms with Gasteiger partial charge in [-0.3, -0.25) is 0 Å².